The molecule has 1 rings (SSSR count). The van der Waals surface area contributed by atoms with Crippen molar-refractivity contribution in [2.24, 2.45) is 0 Å². The van der Waals surface area contributed by atoms with E-state index in [9.17, 15) is 10.2 Å². The van der Waals surface area contributed by atoms with Gasteiger partial charge in [-0.05, 0) is 12.8 Å². The molecule has 0 aromatic heterocycles. The first-order valence-electron chi connectivity index (χ1n) is 11.8. The first-order chi connectivity index (χ1) is 13.5. The van der Waals surface area contributed by atoms with Crippen molar-refractivity contribution in [2.45, 2.75) is 117 Å². The summed E-state index contributed by atoms with van der Waals surface area (Å²) in [7, 11) is 0. The van der Waals surface area contributed by atoms with Crippen molar-refractivity contribution in [1.29, 1.82) is 0 Å². The Balaban J connectivity index is 2.26. The second-order valence-corrected chi connectivity index (χ2v) is 8.62. The number of aliphatic hydroxyl groups is 2. The van der Waals surface area contributed by atoms with Crippen LogP contribution in [0.1, 0.15) is 103 Å². The molecule has 0 spiro atoms. The molecule has 2 N–H and O–H groups in total. The van der Waals surface area contributed by atoms with E-state index in [1.54, 1.807) is 0 Å². The molecule has 0 aliphatic heterocycles. The average molecular weight is 393 g/mol. The first-order valence-corrected chi connectivity index (χ1v) is 11.8. The van der Waals surface area contributed by atoms with E-state index in [1.807, 2.05) is 32.0 Å². The quantitative estimate of drug-likeness (QED) is 0.183. The average Bonchev–Trinajstić information content (AvgIpc) is 2.68. The van der Waals surface area contributed by atoms with Gasteiger partial charge in [0.05, 0.1) is 6.54 Å². The van der Waals surface area contributed by atoms with E-state index in [4.69, 9.17) is 0 Å². The Bertz CT molecular complexity index is 465. The lowest BCUT2D eigenvalue weighted by Crippen LogP contribution is -2.59. The Hall–Kier alpha value is -0.900. The van der Waals surface area contributed by atoms with Crippen LogP contribution in [-0.4, -0.2) is 33.7 Å². The molecule has 3 nitrogen and oxygen atoms in total. The normalized spacial score (nSPS) is 15.9. The van der Waals surface area contributed by atoms with Crippen LogP contribution in [0.3, 0.4) is 0 Å². The fourth-order valence-electron chi connectivity index (χ4n) is 4.20. The Kier molecular flexibility index (Phi) is 13.5. The summed E-state index contributed by atoms with van der Waals surface area (Å²) in [6.07, 6.45) is 14.7. The Morgan fingerprint density at radius 1 is 0.679 bits per heavy atom. The maximum absolute atomic E-state index is 10.5. The molecule has 2 unspecified atom stereocenters. The van der Waals surface area contributed by atoms with Crippen LogP contribution in [0.5, 0.6) is 0 Å². The predicted molar refractivity (Wildman–Crippen MR) is 120 cm³/mol. The number of benzene rings is 1. The molecule has 0 saturated heterocycles. The lowest BCUT2D eigenvalue weighted by molar-refractivity contribution is -1.02. The van der Waals surface area contributed by atoms with Crippen LogP contribution in [-0.2, 0) is 6.54 Å². The van der Waals surface area contributed by atoms with Crippen LogP contribution in [0.2, 0.25) is 0 Å². The molecule has 0 fully saturated rings. The van der Waals surface area contributed by atoms with E-state index >= 15 is 0 Å². The molecule has 3 heteroatoms. The highest BCUT2D eigenvalue weighted by Crippen LogP contribution is 2.24. The summed E-state index contributed by atoms with van der Waals surface area (Å²) in [6.45, 7) is 7.40. The Morgan fingerprint density at radius 3 is 1.54 bits per heavy atom. The topological polar surface area (TPSA) is 40.5 Å². The summed E-state index contributed by atoms with van der Waals surface area (Å²) in [4.78, 5) is 0. The van der Waals surface area contributed by atoms with Crippen molar-refractivity contribution >= 4 is 0 Å². The predicted octanol–water partition coefficient (Wildman–Crippen LogP) is 6.38. The van der Waals surface area contributed by atoms with Crippen molar-refractivity contribution in [3.05, 3.63) is 35.9 Å². The van der Waals surface area contributed by atoms with E-state index < -0.39 is 12.5 Å². The number of hydrogen-bond donors (Lipinski definition) is 2. The number of unbranched alkanes of at least 4 members (excludes halogenated alkanes) is 11. The minimum atomic E-state index is -0.576. The molecular weight excluding hydrogens is 346 g/mol. The van der Waals surface area contributed by atoms with Gasteiger partial charge in [-0.1, -0.05) is 101 Å². The van der Waals surface area contributed by atoms with Crippen molar-refractivity contribution in [1.82, 2.24) is 0 Å². The minimum absolute atomic E-state index is 0.335. The second kappa shape index (κ2) is 15.0. The van der Waals surface area contributed by atoms with Gasteiger partial charge in [-0.15, -0.1) is 0 Å². The fourth-order valence-corrected chi connectivity index (χ4v) is 4.20. The Labute approximate surface area is 174 Å². The van der Waals surface area contributed by atoms with Crippen molar-refractivity contribution in [3.8, 4) is 0 Å². The second-order valence-electron chi connectivity index (χ2n) is 8.62. The van der Waals surface area contributed by atoms with Gasteiger partial charge in [0.1, 0.15) is 6.54 Å². The number of rotatable bonds is 17. The number of nitrogens with zero attached hydrogens (tertiary/aromatic N) is 1. The van der Waals surface area contributed by atoms with E-state index in [0.717, 1.165) is 13.0 Å². The van der Waals surface area contributed by atoms with Gasteiger partial charge in [0.15, 0.2) is 12.5 Å². The summed E-state index contributed by atoms with van der Waals surface area (Å²) < 4.78 is 0.335. The van der Waals surface area contributed by atoms with Crippen molar-refractivity contribution < 1.29 is 14.7 Å². The highest BCUT2D eigenvalue weighted by molar-refractivity contribution is 5.13. The van der Waals surface area contributed by atoms with Crippen LogP contribution in [0.15, 0.2) is 30.3 Å². The summed E-state index contributed by atoms with van der Waals surface area (Å²) in [5.74, 6) is 0. The first kappa shape index (κ1) is 25.1. The molecule has 0 saturated carbocycles. The smallest absolute Gasteiger partial charge is 0.189 e. The molecule has 0 heterocycles. The highest BCUT2D eigenvalue weighted by atomic mass is 16.3. The van der Waals surface area contributed by atoms with E-state index in [2.05, 4.69) is 19.1 Å². The lowest BCUT2D eigenvalue weighted by Gasteiger charge is -2.43. The molecular formula is C25H46NO2+. The van der Waals surface area contributed by atoms with Gasteiger partial charge in [-0.3, -0.25) is 4.48 Å². The lowest BCUT2D eigenvalue weighted by atomic mass is 10.0. The zero-order chi connectivity index (χ0) is 20.7. The molecule has 28 heavy (non-hydrogen) atoms. The third-order valence-corrected chi connectivity index (χ3v) is 6.24. The number of quaternary nitrogens is 1. The summed E-state index contributed by atoms with van der Waals surface area (Å²) >= 11 is 0. The maximum Gasteiger partial charge on any atom is 0.189 e. The van der Waals surface area contributed by atoms with Gasteiger partial charge in [0.2, 0.25) is 0 Å². The van der Waals surface area contributed by atoms with Gasteiger partial charge in [0.25, 0.3) is 0 Å². The van der Waals surface area contributed by atoms with E-state index in [0.29, 0.717) is 11.0 Å². The molecule has 0 radical (unpaired) electrons. The van der Waals surface area contributed by atoms with Crippen molar-refractivity contribution in [2.75, 3.05) is 6.54 Å². The zero-order valence-electron chi connectivity index (χ0n) is 18.8. The van der Waals surface area contributed by atoms with Crippen LogP contribution in [0.4, 0.5) is 0 Å². The van der Waals surface area contributed by atoms with Crippen LogP contribution in [0.25, 0.3) is 0 Å². The molecule has 0 bridgehead atoms. The molecule has 0 aliphatic carbocycles. The van der Waals surface area contributed by atoms with E-state index in [1.165, 1.54) is 76.2 Å². The molecule has 162 valence electrons. The summed E-state index contributed by atoms with van der Waals surface area (Å²) in [6, 6.07) is 10.2. The molecule has 1 aromatic carbocycles. The molecule has 1 aromatic rings. The maximum atomic E-state index is 10.5. The largest absolute Gasteiger partial charge is 0.345 e. The standard InChI is InChI=1S/C25H46NO2/c1-4-5-6-7-8-9-10-11-12-13-14-18-21-26(23(2)27,24(3)28)22-25-19-16-15-17-20-25/h15-17,19-20,23-24,27-28H,4-14,18,21-22H2,1-3H3/q+1. The monoisotopic (exact) mass is 392 g/mol. The zero-order valence-corrected chi connectivity index (χ0v) is 18.8. The molecule has 0 amide bonds. The van der Waals surface area contributed by atoms with Crippen LogP contribution >= 0.6 is 0 Å². The van der Waals surface area contributed by atoms with Crippen LogP contribution < -0.4 is 0 Å². The summed E-state index contributed by atoms with van der Waals surface area (Å²) in [5, 5.41) is 21.0. The molecule has 2 atom stereocenters. The van der Waals surface area contributed by atoms with Gasteiger partial charge < -0.3 is 10.2 Å². The van der Waals surface area contributed by atoms with Crippen LogP contribution in [0, 0.1) is 0 Å². The highest BCUT2D eigenvalue weighted by Gasteiger charge is 2.37. The van der Waals surface area contributed by atoms with Crippen molar-refractivity contribution in [3.63, 3.8) is 0 Å². The summed E-state index contributed by atoms with van der Waals surface area (Å²) in [5.41, 5.74) is 1.17. The third-order valence-electron chi connectivity index (χ3n) is 6.24. The number of aliphatic hydroxyl groups excluding tert-OH is 2. The van der Waals surface area contributed by atoms with Gasteiger partial charge in [0, 0.05) is 19.4 Å². The third kappa shape index (κ3) is 9.54. The minimum Gasteiger partial charge on any atom is -0.345 e. The van der Waals surface area contributed by atoms with Gasteiger partial charge >= 0.3 is 0 Å². The Morgan fingerprint density at radius 2 is 1.11 bits per heavy atom. The van der Waals surface area contributed by atoms with Gasteiger partial charge in [-0.2, -0.15) is 0 Å². The fraction of sp³-hybridized carbons (Fsp3) is 0.760. The SMILES string of the molecule is CCCCCCCCCCCCCC[N+](Cc1ccccc1)(C(C)O)C(C)O. The number of hydrogen-bond acceptors (Lipinski definition) is 2. The van der Waals surface area contributed by atoms with E-state index in [-0.39, 0.29) is 0 Å². The molecule has 0 aliphatic rings. The van der Waals surface area contributed by atoms with Gasteiger partial charge in [-0.25, -0.2) is 0 Å².